The molecule has 0 aliphatic rings. The van der Waals surface area contributed by atoms with Crippen LogP contribution in [-0.4, -0.2) is 26.4 Å². The molecule has 1 N–H and O–H groups in total. The Bertz CT molecular complexity index is 1070. The van der Waals surface area contributed by atoms with Crippen LogP contribution in [0.3, 0.4) is 0 Å². The van der Waals surface area contributed by atoms with Crippen LogP contribution in [0.5, 0.6) is 0 Å². The quantitative estimate of drug-likeness (QED) is 0.350. The highest BCUT2D eigenvalue weighted by Gasteiger charge is 2.18. The molecule has 0 saturated carbocycles. The van der Waals surface area contributed by atoms with E-state index in [0.29, 0.717) is 33.1 Å². The molecule has 0 saturated heterocycles. The van der Waals surface area contributed by atoms with Crippen LogP contribution in [0.4, 0.5) is 4.39 Å². The smallest absolute Gasteiger partial charge is 0.230 e. The van der Waals surface area contributed by atoms with E-state index in [9.17, 15) is 9.18 Å². The van der Waals surface area contributed by atoms with Crippen molar-refractivity contribution in [3.05, 3.63) is 76.5 Å². The maximum absolute atomic E-state index is 14.2. The molecule has 0 aliphatic carbocycles. The van der Waals surface area contributed by atoms with E-state index in [1.54, 1.807) is 47.0 Å². The number of thioether (sulfide) groups is 1. The van der Waals surface area contributed by atoms with E-state index in [-0.39, 0.29) is 17.7 Å². The number of nitrogens with zero attached hydrogens (tertiary/aromatic N) is 3. The molecule has 0 aliphatic heterocycles. The number of hydrogen-bond donors (Lipinski definition) is 1. The summed E-state index contributed by atoms with van der Waals surface area (Å²) in [6.45, 7) is 5.96. The van der Waals surface area contributed by atoms with Crippen LogP contribution in [-0.2, 0) is 11.3 Å². The van der Waals surface area contributed by atoms with Gasteiger partial charge in [-0.2, -0.15) is 0 Å². The zero-order chi connectivity index (χ0) is 21.7. The summed E-state index contributed by atoms with van der Waals surface area (Å²) in [6.07, 6.45) is 1.67. The van der Waals surface area contributed by atoms with Gasteiger partial charge in [-0.25, -0.2) is 4.39 Å². The van der Waals surface area contributed by atoms with E-state index in [0.717, 1.165) is 5.56 Å². The van der Waals surface area contributed by atoms with Crippen LogP contribution in [0, 0.1) is 5.82 Å². The lowest BCUT2D eigenvalue weighted by atomic mass is 10.1. The molecule has 0 bridgehead atoms. The van der Waals surface area contributed by atoms with Crippen molar-refractivity contribution in [2.75, 3.05) is 5.75 Å². The summed E-state index contributed by atoms with van der Waals surface area (Å²) in [7, 11) is 0. The van der Waals surface area contributed by atoms with Gasteiger partial charge in [-0.3, -0.25) is 9.36 Å². The molecule has 0 spiro atoms. The molecule has 156 valence electrons. The van der Waals surface area contributed by atoms with E-state index in [1.165, 1.54) is 17.8 Å². The van der Waals surface area contributed by atoms with Crippen molar-refractivity contribution in [1.82, 2.24) is 20.1 Å². The second kappa shape index (κ2) is 10.1. The van der Waals surface area contributed by atoms with Crippen molar-refractivity contribution in [2.24, 2.45) is 0 Å². The minimum absolute atomic E-state index is 0.113. The van der Waals surface area contributed by atoms with Gasteiger partial charge >= 0.3 is 0 Å². The fourth-order valence-corrected chi connectivity index (χ4v) is 4.21. The normalized spacial score (nSPS) is 11.9. The molecule has 3 aromatic rings. The first-order valence-electron chi connectivity index (χ1n) is 9.06. The van der Waals surface area contributed by atoms with E-state index >= 15 is 0 Å². The summed E-state index contributed by atoms with van der Waals surface area (Å²) in [5, 5.41) is 12.7. The number of rotatable bonds is 8. The molecule has 1 unspecified atom stereocenters. The van der Waals surface area contributed by atoms with Crippen LogP contribution in [0.2, 0.25) is 10.0 Å². The largest absolute Gasteiger partial charge is 0.349 e. The summed E-state index contributed by atoms with van der Waals surface area (Å²) in [5.41, 5.74) is 1.12. The number of allylic oxidation sites excluding steroid dienone is 1. The van der Waals surface area contributed by atoms with Gasteiger partial charge in [0.05, 0.1) is 17.4 Å². The monoisotopic (exact) mass is 464 g/mol. The van der Waals surface area contributed by atoms with Crippen LogP contribution in [0.25, 0.3) is 11.4 Å². The first-order chi connectivity index (χ1) is 14.4. The first kappa shape index (κ1) is 22.3. The lowest BCUT2D eigenvalue weighted by Gasteiger charge is -2.16. The molecule has 1 heterocycles. The van der Waals surface area contributed by atoms with Gasteiger partial charge < -0.3 is 5.32 Å². The maximum atomic E-state index is 14.2. The number of amides is 1. The Labute approximate surface area is 188 Å². The number of halogens is 3. The topological polar surface area (TPSA) is 59.8 Å². The highest BCUT2D eigenvalue weighted by molar-refractivity contribution is 7.99. The average molecular weight is 465 g/mol. The fraction of sp³-hybridized carbons (Fsp3) is 0.190. The first-order valence-corrected chi connectivity index (χ1v) is 10.8. The molecule has 1 aromatic heterocycles. The summed E-state index contributed by atoms with van der Waals surface area (Å²) >= 11 is 13.3. The van der Waals surface area contributed by atoms with Crippen LogP contribution in [0.1, 0.15) is 18.5 Å². The van der Waals surface area contributed by atoms with Gasteiger partial charge in [-0.15, -0.1) is 16.8 Å². The Morgan fingerprint density at radius 1 is 1.30 bits per heavy atom. The molecule has 1 atom stereocenters. The summed E-state index contributed by atoms with van der Waals surface area (Å²) in [5.74, 6) is -0.0863. The van der Waals surface area contributed by atoms with E-state index in [4.69, 9.17) is 23.2 Å². The Kier molecular flexibility index (Phi) is 7.53. The third-order valence-corrected chi connectivity index (χ3v) is 5.81. The van der Waals surface area contributed by atoms with E-state index in [1.807, 2.05) is 6.92 Å². The molecule has 2 aromatic carbocycles. The second-order valence-electron chi connectivity index (χ2n) is 6.43. The molecule has 5 nitrogen and oxygen atoms in total. The molecular formula is C21H19Cl2FN4OS. The third kappa shape index (κ3) is 5.22. The van der Waals surface area contributed by atoms with Gasteiger partial charge in [0, 0.05) is 16.6 Å². The van der Waals surface area contributed by atoms with Crippen molar-refractivity contribution < 1.29 is 9.18 Å². The van der Waals surface area contributed by atoms with Gasteiger partial charge in [0.2, 0.25) is 5.91 Å². The van der Waals surface area contributed by atoms with Crippen molar-refractivity contribution in [3.8, 4) is 11.4 Å². The summed E-state index contributed by atoms with van der Waals surface area (Å²) in [6, 6.07) is 11.2. The summed E-state index contributed by atoms with van der Waals surface area (Å²) in [4.78, 5) is 12.4. The van der Waals surface area contributed by atoms with Gasteiger partial charge in [0.15, 0.2) is 11.0 Å². The standard InChI is InChI=1S/C21H19Cl2FN4OS/c1-3-10-28-20(16-6-4-5-7-18(16)24)26-27-21(28)30-12-19(29)25-13(2)15-9-8-14(22)11-17(15)23/h3-9,11,13H,1,10,12H2,2H3,(H,25,29). The Morgan fingerprint density at radius 3 is 2.77 bits per heavy atom. The summed E-state index contributed by atoms with van der Waals surface area (Å²) < 4.78 is 15.9. The molecule has 3 rings (SSSR count). The van der Waals surface area contributed by atoms with Crippen molar-refractivity contribution in [3.63, 3.8) is 0 Å². The molecule has 1 amide bonds. The highest BCUT2D eigenvalue weighted by atomic mass is 35.5. The number of carbonyl (C=O) groups excluding carboxylic acids is 1. The van der Waals surface area contributed by atoms with E-state index in [2.05, 4.69) is 22.1 Å². The SMILES string of the molecule is C=CCn1c(SCC(=O)NC(C)c2ccc(Cl)cc2Cl)nnc1-c1ccccc1F. The van der Waals surface area contributed by atoms with Gasteiger partial charge in [-0.05, 0) is 36.8 Å². The Hall–Kier alpha value is -2.35. The lowest BCUT2D eigenvalue weighted by molar-refractivity contribution is -0.119. The number of nitrogens with one attached hydrogen (secondary N) is 1. The number of aromatic nitrogens is 3. The molecular weight excluding hydrogens is 446 g/mol. The molecule has 0 radical (unpaired) electrons. The predicted octanol–water partition coefficient (Wildman–Crippen LogP) is 5.55. The number of benzene rings is 2. The Morgan fingerprint density at radius 2 is 2.07 bits per heavy atom. The van der Waals surface area contributed by atoms with E-state index < -0.39 is 5.82 Å². The van der Waals surface area contributed by atoms with Gasteiger partial charge in [0.1, 0.15) is 5.82 Å². The van der Waals surface area contributed by atoms with Crippen molar-refractivity contribution in [2.45, 2.75) is 24.7 Å². The van der Waals surface area contributed by atoms with Crippen LogP contribution < -0.4 is 5.32 Å². The van der Waals surface area contributed by atoms with Crippen molar-refractivity contribution in [1.29, 1.82) is 0 Å². The lowest BCUT2D eigenvalue weighted by Crippen LogP contribution is -2.28. The minimum atomic E-state index is -0.391. The highest BCUT2D eigenvalue weighted by Crippen LogP contribution is 2.28. The van der Waals surface area contributed by atoms with Gasteiger partial charge in [-0.1, -0.05) is 59.2 Å². The third-order valence-electron chi connectivity index (χ3n) is 4.28. The number of carbonyl (C=O) groups is 1. The molecule has 9 heteroatoms. The van der Waals surface area contributed by atoms with Gasteiger partial charge in [0.25, 0.3) is 0 Å². The Balaban J connectivity index is 1.70. The second-order valence-corrected chi connectivity index (χ2v) is 8.22. The maximum Gasteiger partial charge on any atom is 0.230 e. The zero-order valence-electron chi connectivity index (χ0n) is 16.1. The van der Waals surface area contributed by atoms with Crippen LogP contribution in [0.15, 0.2) is 60.3 Å². The molecule has 0 fully saturated rings. The predicted molar refractivity (Wildman–Crippen MR) is 119 cm³/mol. The van der Waals surface area contributed by atoms with Crippen molar-refractivity contribution >= 4 is 40.9 Å². The molecule has 30 heavy (non-hydrogen) atoms. The van der Waals surface area contributed by atoms with Crippen LogP contribution >= 0.6 is 35.0 Å². The average Bonchev–Trinajstić information content (AvgIpc) is 3.09. The zero-order valence-corrected chi connectivity index (χ0v) is 18.4. The fourth-order valence-electron chi connectivity index (χ4n) is 2.87. The number of hydrogen-bond acceptors (Lipinski definition) is 4. The minimum Gasteiger partial charge on any atom is -0.349 e.